The summed E-state index contributed by atoms with van der Waals surface area (Å²) < 4.78 is 0.794. The zero-order chi connectivity index (χ0) is 15.0. The Morgan fingerprint density at radius 1 is 1.00 bits per heavy atom. The van der Waals surface area contributed by atoms with Crippen molar-refractivity contribution in [2.75, 3.05) is 5.73 Å². The molecule has 1 heterocycles. The van der Waals surface area contributed by atoms with E-state index in [2.05, 4.69) is 64.0 Å². The fraction of sp³-hybridized carbons (Fsp3) is 0.176. The first-order valence-electron chi connectivity index (χ1n) is 6.88. The lowest BCUT2D eigenvalue weighted by Crippen LogP contribution is -2.04. The Morgan fingerprint density at radius 2 is 1.71 bits per heavy atom. The summed E-state index contributed by atoms with van der Waals surface area (Å²) in [6.45, 7) is 4.19. The Labute approximate surface area is 132 Å². The number of nitrogen functional groups attached to an aromatic ring is 1. The third-order valence-electron chi connectivity index (χ3n) is 3.46. The molecule has 3 nitrogen and oxygen atoms in total. The second kappa shape index (κ2) is 5.45. The van der Waals surface area contributed by atoms with Gasteiger partial charge in [-0.2, -0.15) is 0 Å². The van der Waals surface area contributed by atoms with E-state index in [0.717, 1.165) is 15.7 Å². The molecule has 0 saturated heterocycles. The van der Waals surface area contributed by atoms with Crippen LogP contribution in [-0.4, -0.2) is 9.97 Å². The van der Waals surface area contributed by atoms with Gasteiger partial charge in [-0.1, -0.05) is 50.2 Å². The number of fused-ring (bicyclic) bond motifs is 1. The summed E-state index contributed by atoms with van der Waals surface area (Å²) in [6, 6.07) is 14.5. The monoisotopic (exact) mass is 341 g/mol. The van der Waals surface area contributed by atoms with Crippen molar-refractivity contribution in [3.05, 3.63) is 52.6 Å². The zero-order valence-electron chi connectivity index (χ0n) is 12.0. The second-order valence-corrected chi connectivity index (χ2v) is 6.14. The minimum absolute atomic E-state index is 0.281. The topological polar surface area (TPSA) is 51.8 Å². The van der Waals surface area contributed by atoms with E-state index >= 15 is 0 Å². The van der Waals surface area contributed by atoms with Gasteiger partial charge in [0, 0.05) is 5.56 Å². The molecule has 3 rings (SSSR count). The Bertz CT molecular complexity index is 812. The normalized spacial score (nSPS) is 11.2. The molecular weight excluding hydrogens is 326 g/mol. The second-order valence-electron chi connectivity index (χ2n) is 5.35. The van der Waals surface area contributed by atoms with Crippen LogP contribution in [0.15, 0.2) is 46.9 Å². The van der Waals surface area contributed by atoms with E-state index in [4.69, 9.17) is 5.73 Å². The number of rotatable bonds is 2. The highest BCUT2D eigenvalue weighted by atomic mass is 79.9. The van der Waals surface area contributed by atoms with Gasteiger partial charge in [-0.25, -0.2) is 9.97 Å². The molecule has 3 aromatic rings. The molecule has 0 fully saturated rings. The van der Waals surface area contributed by atoms with Crippen molar-refractivity contribution in [1.82, 2.24) is 9.97 Å². The number of aromatic nitrogens is 2. The van der Waals surface area contributed by atoms with Crippen LogP contribution in [0.4, 0.5) is 5.82 Å². The maximum Gasteiger partial charge on any atom is 0.161 e. The van der Waals surface area contributed by atoms with Gasteiger partial charge in [0.15, 0.2) is 5.82 Å². The fourth-order valence-corrected chi connectivity index (χ4v) is 2.96. The summed E-state index contributed by atoms with van der Waals surface area (Å²) in [7, 11) is 0. The van der Waals surface area contributed by atoms with Crippen molar-refractivity contribution in [3.8, 4) is 11.4 Å². The molecule has 0 atom stereocenters. The molecule has 0 bridgehead atoms. The van der Waals surface area contributed by atoms with Crippen LogP contribution >= 0.6 is 15.9 Å². The zero-order valence-corrected chi connectivity index (χ0v) is 13.6. The smallest absolute Gasteiger partial charge is 0.161 e. The molecule has 0 saturated carbocycles. The Balaban J connectivity index is 2.18. The maximum atomic E-state index is 6.01. The van der Waals surface area contributed by atoms with E-state index in [9.17, 15) is 0 Å². The van der Waals surface area contributed by atoms with Gasteiger partial charge < -0.3 is 5.73 Å². The van der Waals surface area contributed by atoms with Gasteiger partial charge in [0.05, 0.1) is 10.2 Å². The molecule has 21 heavy (non-hydrogen) atoms. The minimum Gasteiger partial charge on any atom is -0.383 e. The third-order valence-corrected chi connectivity index (χ3v) is 4.27. The standard InChI is InChI=1S/C17H16BrN3/c1-10(2)15-14(18)16(19)21-17(20-15)13-8-7-11-5-3-4-6-12(11)9-13/h3-10H,1-2H3,(H2,19,20,21). The maximum absolute atomic E-state index is 6.01. The van der Waals surface area contributed by atoms with Gasteiger partial charge in [0.2, 0.25) is 0 Å². The van der Waals surface area contributed by atoms with Crippen LogP contribution in [0.2, 0.25) is 0 Å². The van der Waals surface area contributed by atoms with Crippen LogP contribution in [0.1, 0.15) is 25.5 Å². The minimum atomic E-state index is 0.281. The number of anilines is 1. The molecule has 2 N–H and O–H groups in total. The number of nitrogens with two attached hydrogens (primary N) is 1. The van der Waals surface area contributed by atoms with Crippen molar-refractivity contribution in [3.63, 3.8) is 0 Å². The van der Waals surface area contributed by atoms with Crippen LogP contribution in [-0.2, 0) is 0 Å². The number of hydrogen-bond donors (Lipinski definition) is 1. The molecule has 0 amide bonds. The highest BCUT2D eigenvalue weighted by Crippen LogP contribution is 2.30. The Morgan fingerprint density at radius 3 is 2.43 bits per heavy atom. The largest absolute Gasteiger partial charge is 0.383 e. The summed E-state index contributed by atoms with van der Waals surface area (Å²) in [4.78, 5) is 9.08. The van der Waals surface area contributed by atoms with Crippen LogP contribution in [0, 0.1) is 0 Å². The van der Waals surface area contributed by atoms with Gasteiger partial charge in [-0.15, -0.1) is 0 Å². The summed E-state index contributed by atoms with van der Waals surface area (Å²) in [5.74, 6) is 1.44. The molecule has 106 valence electrons. The summed E-state index contributed by atoms with van der Waals surface area (Å²) in [6.07, 6.45) is 0. The third kappa shape index (κ3) is 2.63. The predicted octanol–water partition coefficient (Wildman–Crippen LogP) is 4.76. The predicted molar refractivity (Wildman–Crippen MR) is 91.2 cm³/mol. The van der Waals surface area contributed by atoms with E-state index in [1.165, 1.54) is 10.8 Å². The van der Waals surface area contributed by atoms with E-state index in [-0.39, 0.29) is 5.92 Å². The molecule has 0 aliphatic heterocycles. The molecule has 0 radical (unpaired) electrons. The van der Waals surface area contributed by atoms with Gasteiger partial charge in [-0.05, 0) is 38.7 Å². The van der Waals surface area contributed by atoms with Crippen LogP contribution in [0.25, 0.3) is 22.2 Å². The van der Waals surface area contributed by atoms with Crippen molar-refractivity contribution >= 4 is 32.5 Å². The van der Waals surface area contributed by atoms with Crippen molar-refractivity contribution in [2.24, 2.45) is 0 Å². The van der Waals surface area contributed by atoms with Gasteiger partial charge in [0.1, 0.15) is 5.82 Å². The molecule has 4 heteroatoms. The number of hydrogen-bond acceptors (Lipinski definition) is 3. The average molecular weight is 342 g/mol. The van der Waals surface area contributed by atoms with E-state index in [0.29, 0.717) is 11.6 Å². The van der Waals surface area contributed by atoms with Gasteiger partial charge >= 0.3 is 0 Å². The fourth-order valence-electron chi connectivity index (χ4n) is 2.32. The first-order valence-corrected chi connectivity index (χ1v) is 7.67. The molecule has 1 aromatic heterocycles. The SMILES string of the molecule is CC(C)c1nc(-c2ccc3ccccc3c2)nc(N)c1Br. The Kier molecular flexibility index (Phi) is 3.64. The highest BCUT2D eigenvalue weighted by molar-refractivity contribution is 9.10. The van der Waals surface area contributed by atoms with Crippen LogP contribution < -0.4 is 5.73 Å². The highest BCUT2D eigenvalue weighted by Gasteiger charge is 2.14. The molecular formula is C17H16BrN3. The Hall–Kier alpha value is -1.94. The lowest BCUT2D eigenvalue weighted by atomic mass is 10.1. The van der Waals surface area contributed by atoms with E-state index in [1.54, 1.807) is 0 Å². The lowest BCUT2D eigenvalue weighted by Gasteiger charge is -2.12. The van der Waals surface area contributed by atoms with Crippen molar-refractivity contribution in [2.45, 2.75) is 19.8 Å². The van der Waals surface area contributed by atoms with Crippen molar-refractivity contribution < 1.29 is 0 Å². The first kappa shape index (κ1) is 14.0. The number of nitrogens with zero attached hydrogens (tertiary/aromatic N) is 2. The molecule has 0 aliphatic carbocycles. The average Bonchev–Trinajstić information content (AvgIpc) is 2.49. The van der Waals surface area contributed by atoms with E-state index < -0.39 is 0 Å². The van der Waals surface area contributed by atoms with Crippen LogP contribution in [0.3, 0.4) is 0 Å². The lowest BCUT2D eigenvalue weighted by molar-refractivity contribution is 0.811. The molecule has 0 aliphatic rings. The number of benzene rings is 2. The molecule has 2 aromatic carbocycles. The number of halogens is 1. The summed E-state index contributed by atoms with van der Waals surface area (Å²) in [5.41, 5.74) is 7.93. The van der Waals surface area contributed by atoms with Gasteiger partial charge in [-0.3, -0.25) is 0 Å². The molecule has 0 unspecified atom stereocenters. The summed E-state index contributed by atoms with van der Waals surface area (Å²) >= 11 is 3.48. The summed E-state index contributed by atoms with van der Waals surface area (Å²) in [5, 5.41) is 2.38. The van der Waals surface area contributed by atoms with Crippen molar-refractivity contribution in [1.29, 1.82) is 0 Å². The van der Waals surface area contributed by atoms with Gasteiger partial charge in [0.25, 0.3) is 0 Å². The first-order chi connectivity index (χ1) is 10.1. The molecule has 0 spiro atoms. The van der Waals surface area contributed by atoms with E-state index in [1.807, 2.05) is 18.2 Å². The quantitative estimate of drug-likeness (QED) is 0.730. The van der Waals surface area contributed by atoms with Crippen LogP contribution in [0.5, 0.6) is 0 Å².